The summed E-state index contributed by atoms with van der Waals surface area (Å²) in [6.45, 7) is 0. The smallest absolute Gasteiger partial charge is 0.339 e. The molecule has 126 valence electrons. The van der Waals surface area contributed by atoms with E-state index >= 15 is 0 Å². The maximum atomic E-state index is 12.4. The number of carbonyl (C=O) groups is 2. The number of aromatic nitrogens is 3. The molecule has 0 aliphatic rings. The molecule has 7 nitrogen and oxygen atoms in total. The fraction of sp³-hybridized carbons (Fsp3) is 0.0588. The van der Waals surface area contributed by atoms with Crippen molar-refractivity contribution in [2.75, 3.05) is 12.4 Å². The number of hydrogen-bond donors (Lipinski definition) is 1. The van der Waals surface area contributed by atoms with Crippen molar-refractivity contribution in [2.24, 2.45) is 0 Å². The molecule has 0 unspecified atom stereocenters. The van der Waals surface area contributed by atoms with E-state index in [1.54, 1.807) is 48.5 Å². The van der Waals surface area contributed by atoms with Crippen molar-refractivity contribution in [3.05, 3.63) is 71.3 Å². The van der Waals surface area contributed by atoms with Gasteiger partial charge in [-0.05, 0) is 36.4 Å². The summed E-state index contributed by atoms with van der Waals surface area (Å²) in [6, 6.07) is 13.5. The normalized spacial score (nSPS) is 10.3. The summed E-state index contributed by atoms with van der Waals surface area (Å²) < 4.78 is 6.16. The molecule has 25 heavy (non-hydrogen) atoms. The predicted octanol–water partition coefficient (Wildman–Crippen LogP) is 2.96. The van der Waals surface area contributed by atoms with Crippen molar-refractivity contribution in [1.29, 1.82) is 0 Å². The molecule has 1 N–H and O–H groups in total. The largest absolute Gasteiger partial charge is 0.465 e. The molecule has 0 fully saturated rings. The highest BCUT2D eigenvalue weighted by molar-refractivity contribution is 6.30. The van der Waals surface area contributed by atoms with E-state index in [9.17, 15) is 9.59 Å². The Hall–Kier alpha value is -3.19. The minimum atomic E-state index is -0.546. The number of methoxy groups -OCH3 is 1. The third kappa shape index (κ3) is 3.67. The van der Waals surface area contributed by atoms with Crippen LogP contribution in [-0.2, 0) is 4.74 Å². The minimum absolute atomic E-state index is 0.0328. The van der Waals surface area contributed by atoms with E-state index in [0.29, 0.717) is 16.4 Å². The van der Waals surface area contributed by atoms with Crippen molar-refractivity contribution in [3.63, 3.8) is 0 Å². The van der Waals surface area contributed by atoms with Crippen LogP contribution in [0.2, 0.25) is 5.02 Å². The van der Waals surface area contributed by atoms with Gasteiger partial charge in [0.1, 0.15) is 6.33 Å². The van der Waals surface area contributed by atoms with Gasteiger partial charge in [-0.2, -0.15) is 0 Å². The van der Waals surface area contributed by atoms with Gasteiger partial charge in [0.05, 0.1) is 24.0 Å². The van der Waals surface area contributed by atoms with Crippen LogP contribution in [0, 0.1) is 0 Å². The first-order valence-corrected chi connectivity index (χ1v) is 7.62. The van der Waals surface area contributed by atoms with Crippen LogP contribution in [0.5, 0.6) is 0 Å². The number of ether oxygens (including phenoxy) is 1. The molecule has 0 radical (unpaired) electrons. The van der Waals surface area contributed by atoms with E-state index in [0.717, 1.165) is 0 Å². The summed E-state index contributed by atoms with van der Waals surface area (Å²) in [5, 5.41) is 7.35. The van der Waals surface area contributed by atoms with Gasteiger partial charge in [0.25, 0.3) is 5.91 Å². The van der Waals surface area contributed by atoms with Crippen LogP contribution >= 0.6 is 11.6 Å². The molecule has 0 aliphatic heterocycles. The zero-order valence-electron chi connectivity index (χ0n) is 13.1. The van der Waals surface area contributed by atoms with Gasteiger partial charge in [0.15, 0.2) is 0 Å². The number of amides is 1. The van der Waals surface area contributed by atoms with Crippen molar-refractivity contribution < 1.29 is 14.3 Å². The quantitative estimate of drug-likeness (QED) is 0.726. The molecule has 1 heterocycles. The van der Waals surface area contributed by atoms with Gasteiger partial charge < -0.3 is 10.1 Å². The lowest BCUT2D eigenvalue weighted by Gasteiger charge is -2.07. The number of carbonyl (C=O) groups excluding carboxylic acids is 2. The fourth-order valence-electron chi connectivity index (χ4n) is 2.14. The molecule has 0 spiro atoms. The third-order valence-corrected chi connectivity index (χ3v) is 3.62. The van der Waals surface area contributed by atoms with Gasteiger partial charge in [-0.15, -0.1) is 5.10 Å². The molecular formula is C17H13ClN4O3. The van der Waals surface area contributed by atoms with Crippen molar-refractivity contribution >= 4 is 29.2 Å². The molecule has 1 aromatic heterocycles. The lowest BCUT2D eigenvalue weighted by atomic mass is 10.2. The Morgan fingerprint density at radius 2 is 1.84 bits per heavy atom. The van der Waals surface area contributed by atoms with Crippen LogP contribution in [0.15, 0.2) is 54.9 Å². The minimum Gasteiger partial charge on any atom is -0.465 e. The number of rotatable bonds is 4. The van der Waals surface area contributed by atoms with Gasteiger partial charge in [0.2, 0.25) is 5.82 Å². The summed E-state index contributed by atoms with van der Waals surface area (Å²) in [6.07, 6.45) is 1.42. The molecule has 1 amide bonds. The van der Waals surface area contributed by atoms with Crippen molar-refractivity contribution in [1.82, 2.24) is 14.8 Å². The van der Waals surface area contributed by atoms with Gasteiger partial charge >= 0.3 is 5.97 Å². The zero-order valence-corrected chi connectivity index (χ0v) is 13.9. The van der Waals surface area contributed by atoms with Gasteiger partial charge in [-0.1, -0.05) is 23.7 Å². The first kappa shape index (κ1) is 16.7. The third-order valence-electron chi connectivity index (χ3n) is 3.37. The van der Waals surface area contributed by atoms with E-state index in [1.165, 1.54) is 18.1 Å². The monoisotopic (exact) mass is 356 g/mol. The molecule has 2 aromatic carbocycles. The first-order chi connectivity index (χ1) is 12.1. The molecular weight excluding hydrogens is 344 g/mol. The van der Waals surface area contributed by atoms with Crippen LogP contribution in [0.3, 0.4) is 0 Å². The lowest BCUT2D eigenvalue weighted by Crippen LogP contribution is -2.17. The van der Waals surface area contributed by atoms with E-state index in [1.807, 2.05) is 0 Å². The summed E-state index contributed by atoms with van der Waals surface area (Å²) in [5.41, 5.74) is 1.28. The molecule has 3 aromatic rings. The second kappa shape index (κ2) is 7.14. The Morgan fingerprint density at radius 1 is 1.12 bits per heavy atom. The highest BCUT2D eigenvalue weighted by atomic mass is 35.5. The summed E-state index contributed by atoms with van der Waals surface area (Å²) in [5.74, 6) is -1.12. The van der Waals surface area contributed by atoms with Crippen LogP contribution < -0.4 is 5.32 Å². The number of anilines is 1. The molecule has 3 rings (SSSR count). The second-order valence-electron chi connectivity index (χ2n) is 4.98. The zero-order chi connectivity index (χ0) is 17.8. The molecule has 8 heteroatoms. The second-order valence-corrected chi connectivity index (χ2v) is 5.42. The predicted molar refractivity (Wildman–Crippen MR) is 92.1 cm³/mol. The number of nitrogens with zero attached hydrogens (tertiary/aromatic N) is 3. The Morgan fingerprint density at radius 3 is 2.56 bits per heavy atom. The number of esters is 1. The standard InChI is InChI=1S/C17H13ClN4O3/c1-25-17(24)13-4-2-3-5-14(13)20-16(23)15-19-10-22(21-15)12-8-6-11(18)7-9-12/h2-10H,1H3,(H,20,23). The topological polar surface area (TPSA) is 86.1 Å². The maximum Gasteiger partial charge on any atom is 0.339 e. The molecule has 0 atom stereocenters. The van der Waals surface area contributed by atoms with Gasteiger partial charge in [-0.25, -0.2) is 14.5 Å². The number of benzene rings is 2. The lowest BCUT2D eigenvalue weighted by molar-refractivity contribution is 0.0602. The number of nitrogens with one attached hydrogen (secondary N) is 1. The summed E-state index contributed by atoms with van der Waals surface area (Å²) in [7, 11) is 1.27. The van der Waals surface area contributed by atoms with Crippen molar-refractivity contribution in [2.45, 2.75) is 0 Å². The Balaban J connectivity index is 1.81. The van der Waals surface area contributed by atoms with E-state index < -0.39 is 11.9 Å². The Labute approximate surface area is 148 Å². The van der Waals surface area contributed by atoms with Crippen LogP contribution in [-0.4, -0.2) is 33.8 Å². The van der Waals surface area contributed by atoms with Crippen LogP contribution in [0.25, 0.3) is 5.69 Å². The van der Waals surface area contributed by atoms with E-state index in [-0.39, 0.29) is 11.4 Å². The fourth-order valence-corrected chi connectivity index (χ4v) is 2.27. The molecule has 0 saturated carbocycles. The number of para-hydroxylation sites is 1. The SMILES string of the molecule is COC(=O)c1ccccc1NC(=O)c1ncn(-c2ccc(Cl)cc2)n1. The Bertz CT molecular complexity index is 922. The highest BCUT2D eigenvalue weighted by Gasteiger charge is 2.17. The van der Waals surface area contributed by atoms with Crippen LogP contribution in [0.1, 0.15) is 21.0 Å². The number of halogens is 1. The number of hydrogen-bond acceptors (Lipinski definition) is 5. The summed E-state index contributed by atoms with van der Waals surface area (Å²) in [4.78, 5) is 28.1. The molecule has 0 aliphatic carbocycles. The van der Waals surface area contributed by atoms with Gasteiger partial charge in [0, 0.05) is 5.02 Å². The average Bonchev–Trinajstić information content (AvgIpc) is 3.12. The summed E-state index contributed by atoms with van der Waals surface area (Å²) >= 11 is 5.85. The molecule has 0 saturated heterocycles. The maximum absolute atomic E-state index is 12.4. The Kier molecular flexibility index (Phi) is 4.76. The van der Waals surface area contributed by atoms with E-state index in [2.05, 4.69) is 15.4 Å². The van der Waals surface area contributed by atoms with Crippen LogP contribution in [0.4, 0.5) is 5.69 Å². The van der Waals surface area contributed by atoms with E-state index in [4.69, 9.17) is 16.3 Å². The first-order valence-electron chi connectivity index (χ1n) is 7.25. The highest BCUT2D eigenvalue weighted by Crippen LogP contribution is 2.17. The average molecular weight is 357 g/mol. The van der Waals surface area contributed by atoms with Gasteiger partial charge in [-0.3, -0.25) is 4.79 Å². The van der Waals surface area contributed by atoms with Crippen molar-refractivity contribution in [3.8, 4) is 5.69 Å². The molecule has 0 bridgehead atoms.